The van der Waals surface area contributed by atoms with E-state index in [1.807, 2.05) is 43.3 Å². The third-order valence-corrected chi connectivity index (χ3v) is 4.74. The smallest absolute Gasteiger partial charge is 0.341 e. The number of rotatable bonds is 5. The maximum Gasteiger partial charge on any atom is 0.341 e. The molecule has 4 rings (SSSR count). The first-order valence-electron chi connectivity index (χ1n) is 8.76. The lowest BCUT2D eigenvalue weighted by molar-refractivity contribution is -0.120. The highest BCUT2D eigenvalue weighted by Crippen LogP contribution is 2.36. The van der Waals surface area contributed by atoms with E-state index in [9.17, 15) is 4.79 Å². The third-order valence-electron chi connectivity index (χ3n) is 4.74. The Morgan fingerprint density at radius 2 is 2.11 bits per heavy atom. The fourth-order valence-corrected chi connectivity index (χ4v) is 3.47. The number of hydrogen-bond donors (Lipinski definition) is 1. The number of benzene rings is 1. The number of carbonyl (C=O) groups is 1. The quantitative estimate of drug-likeness (QED) is 0.801. The Balaban J connectivity index is 1.51. The number of amides is 1. The van der Waals surface area contributed by atoms with Gasteiger partial charge in [0.25, 0.3) is 0 Å². The first-order chi connectivity index (χ1) is 13.0. The average Bonchev–Trinajstić information content (AvgIpc) is 3.32. The van der Waals surface area contributed by atoms with Crippen LogP contribution in [0.2, 0.25) is 0 Å². The molecule has 1 N–H and O–H groups in total. The number of ether oxygens (including phenoxy) is 3. The van der Waals surface area contributed by atoms with Gasteiger partial charge >= 0.3 is 6.01 Å². The molecule has 1 aromatic carbocycles. The molecule has 4 unspecified atom stereocenters. The molecule has 0 bridgehead atoms. The molecule has 0 spiro atoms. The third kappa shape index (κ3) is 3.45. The van der Waals surface area contributed by atoms with Crippen molar-refractivity contribution in [1.29, 1.82) is 0 Å². The Kier molecular flexibility index (Phi) is 4.66. The van der Waals surface area contributed by atoms with Gasteiger partial charge in [-0.05, 0) is 22.6 Å². The average molecular weight is 374 g/mol. The normalized spacial score (nSPS) is 26.6. The molecular formula is C17H22N6O4. The standard InChI is InChI=1S/C17H22N6O4/c1-10(24)18-13-8-25-16-14(9-26-15(13)16)23-17(19-20-21-23)27-12-6-4-5-11(7-12)22(2)3/h4-7,13-16H,8-9H2,1-3H3,(H,18,24). The van der Waals surface area contributed by atoms with E-state index in [1.165, 1.54) is 6.92 Å². The van der Waals surface area contributed by atoms with Crippen molar-refractivity contribution in [2.24, 2.45) is 0 Å². The molecule has 10 nitrogen and oxygen atoms in total. The SMILES string of the molecule is CC(=O)NC1COC2C1OCC2n1nnnc1Oc1cccc(N(C)C)c1. The molecular weight excluding hydrogens is 352 g/mol. The van der Waals surface area contributed by atoms with Crippen LogP contribution in [0.15, 0.2) is 24.3 Å². The van der Waals surface area contributed by atoms with Crippen molar-refractivity contribution < 1.29 is 19.0 Å². The van der Waals surface area contributed by atoms with E-state index in [0.717, 1.165) is 5.69 Å². The summed E-state index contributed by atoms with van der Waals surface area (Å²) < 4.78 is 19.2. The lowest BCUT2D eigenvalue weighted by atomic mass is 10.1. The van der Waals surface area contributed by atoms with E-state index in [-0.39, 0.29) is 36.2 Å². The van der Waals surface area contributed by atoms with Gasteiger partial charge in [0.15, 0.2) is 0 Å². The van der Waals surface area contributed by atoms with Gasteiger partial charge < -0.3 is 24.4 Å². The molecule has 0 radical (unpaired) electrons. The van der Waals surface area contributed by atoms with E-state index in [4.69, 9.17) is 14.2 Å². The Labute approximate surface area is 156 Å². The number of aromatic nitrogens is 4. The summed E-state index contributed by atoms with van der Waals surface area (Å²) in [6.07, 6.45) is -0.478. The zero-order valence-electron chi connectivity index (χ0n) is 15.4. The molecule has 2 aliphatic heterocycles. The van der Waals surface area contributed by atoms with Crippen LogP contribution in [0, 0.1) is 0 Å². The van der Waals surface area contributed by atoms with Gasteiger partial charge in [0, 0.05) is 32.8 Å². The highest BCUT2D eigenvalue weighted by molar-refractivity contribution is 5.73. The molecule has 1 aromatic heterocycles. The first-order valence-corrected chi connectivity index (χ1v) is 8.76. The van der Waals surface area contributed by atoms with Crippen molar-refractivity contribution in [3.63, 3.8) is 0 Å². The van der Waals surface area contributed by atoms with Crippen LogP contribution >= 0.6 is 0 Å². The zero-order valence-corrected chi connectivity index (χ0v) is 15.4. The lowest BCUT2D eigenvalue weighted by Crippen LogP contribution is -2.43. The topological polar surface area (TPSA) is 104 Å². The highest BCUT2D eigenvalue weighted by atomic mass is 16.6. The summed E-state index contributed by atoms with van der Waals surface area (Å²) >= 11 is 0. The monoisotopic (exact) mass is 374 g/mol. The Morgan fingerprint density at radius 3 is 2.89 bits per heavy atom. The van der Waals surface area contributed by atoms with Crippen molar-refractivity contribution in [2.75, 3.05) is 32.2 Å². The Hall–Kier alpha value is -2.72. The molecule has 2 saturated heterocycles. The molecule has 10 heteroatoms. The summed E-state index contributed by atoms with van der Waals surface area (Å²) in [5, 5.41) is 14.7. The predicted octanol–water partition coefficient (Wildman–Crippen LogP) is 0.375. The number of hydrogen-bond acceptors (Lipinski definition) is 8. The minimum Gasteiger partial charge on any atom is -0.423 e. The Bertz CT molecular complexity index is 825. The summed E-state index contributed by atoms with van der Waals surface area (Å²) in [7, 11) is 3.92. The second-order valence-corrected chi connectivity index (χ2v) is 6.87. The van der Waals surface area contributed by atoms with Crippen LogP contribution in [0.1, 0.15) is 13.0 Å². The fraction of sp³-hybridized carbons (Fsp3) is 0.529. The number of carbonyl (C=O) groups excluding carboxylic acids is 1. The van der Waals surface area contributed by atoms with Crippen molar-refractivity contribution in [3.05, 3.63) is 24.3 Å². The molecule has 2 fully saturated rings. The molecule has 2 aromatic rings. The fourth-order valence-electron chi connectivity index (χ4n) is 3.47. The summed E-state index contributed by atoms with van der Waals surface area (Å²) in [4.78, 5) is 13.3. The second kappa shape index (κ2) is 7.12. The van der Waals surface area contributed by atoms with Gasteiger partial charge in [-0.2, -0.15) is 4.68 Å². The van der Waals surface area contributed by atoms with Crippen LogP contribution in [-0.4, -0.2) is 71.7 Å². The van der Waals surface area contributed by atoms with E-state index in [0.29, 0.717) is 19.0 Å². The number of nitrogens with zero attached hydrogens (tertiary/aromatic N) is 5. The second-order valence-electron chi connectivity index (χ2n) is 6.87. The summed E-state index contributed by atoms with van der Waals surface area (Å²) in [6, 6.07) is 7.52. The van der Waals surface area contributed by atoms with Crippen LogP contribution in [0.25, 0.3) is 0 Å². The van der Waals surface area contributed by atoms with Gasteiger partial charge in [0.05, 0.1) is 19.3 Å². The van der Waals surface area contributed by atoms with Crippen LogP contribution in [-0.2, 0) is 14.3 Å². The van der Waals surface area contributed by atoms with Gasteiger partial charge in [-0.25, -0.2) is 0 Å². The van der Waals surface area contributed by atoms with Gasteiger partial charge in [0.2, 0.25) is 5.91 Å². The van der Waals surface area contributed by atoms with Gasteiger partial charge in [-0.1, -0.05) is 11.2 Å². The van der Waals surface area contributed by atoms with E-state index in [1.54, 1.807) is 4.68 Å². The number of fused-ring (bicyclic) bond motifs is 1. The molecule has 0 saturated carbocycles. The maximum atomic E-state index is 11.3. The molecule has 1 amide bonds. The van der Waals surface area contributed by atoms with Crippen molar-refractivity contribution in [2.45, 2.75) is 31.2 Å². The van der Waals surface area contributed by atoms with E-state index < -0.39 is 0 Å². The predicted molar refractivity (Wildman–Crippen MR) is 94.8 cm³/mol. The minimum absolute atomic E-state index is 0.108. The van der Waals surface area contributed by atoms with Gasteiger partial charge in [-0.3, -0.25) is 4.79 Å². The van der Waals surface area contributed by atoms with Crippen molar-refractivity contribution in [3.8, 4) is 11.8 Å². The number of nitrogens with one attached hydrogen (secondary N) is 1. The van der Waals surface area contributed by atoms with Crippen LogP contribution in [0.4, 0.5) is 5.69 Å². The summed E-state index contributed by atoms with van der Waals surface area (Å²) in [5.74, 6) is 0.527. The minimum atomic E-state index is -0.249. The highest BCUT2D eigenvalue weighted by Gasteiger charge is 2.50. The molecule has 2 aliphatic rings. The molecule has 4 atom stereocenters. The summed E-state index contributed by atoms with van der Waals surface area (Å²) in [6.45, 7) is 2.26. The zero-order chi connectivity index (χ0) is 19.0. The largest absolute Gasteiger partial charge is 0.423 e. The van der Waals surface area contributed by atoms with Gasteiger partial charge in [-0.15, -0.1) is 0 Å². The van der Waals surface area contributed by atoms with Crippen LogP contribution < -0.4 is 15.0 Å². The van der Waals surface area contributed by atoms with Crippen LogP contribution in [0.5, 0.6) is 11.8 Å². The maximum absolute atomic E-state index is 11.3. The van der Waals surface area contributed by atoms with Crippen molar-refractivity contribution in [1.82, 2.24) is 25.5 Å². The first kappa shape index (κ1) is 17.7. The molecule has 0 aliphatic carbocycles. The van der Waals surface area contributed by atoms with E-state index in [2.05, 4.69) is 20.8 Å². The van der Waals surface area contributed by atoms with E-state index >= 15 is 0 Å². The van der Waals surface area contributed by atoms with Gasteiger partial charge in [0.1, 0.15) is 24.0 Å². The Morgan fingerprint density at radius 1 is 1.30 bits per heavy atom. The number of anilines is 1. The van der Waals surface area contributed by atoms with Crippen LogP contribution in [0.3, 0.4) is 0 Å². The molecule has 27 heavy (non-hydrogen) atoms. The lowest BCUT2D eigenvalue weighted by Gasteiger charge is -2.18. The molecule has 3 heterocycles. The van der Waals surface area contributed by atoms with Crippen molar-refractivity contribution >= 4 is 11.6 Å². The number of tetrazole rings is 1. The molecule has 144 valence electrons. The summed E-state index contributed by atoms with van der Waals surface area (Å²) in [5.41, 5.74) is 1.01.